The number of nitrogens with zero attached hydrogens (tertiary/aromatic N) is 1. The number of allylic oxidation sites excluding steroid dienone is 18. The maximum Gasteiger partial charge on any atom is 0.306 e. The monoisotopic (exact) mass is 1250 g/mol. The minimum atomic E-state index is -4.65. The van der Waals surface area contributed by atoms with Crippen LogP contribution in [0.25, 0.3) is 0 Å². The molecule has 0 heterocycles. The van der Waals surface area contributed by atoms with Crippen LogP contribution in [-0.2, 0) is 32.7 Å². The maximum absolute atomic E-state index is 12.9. The summed E-state index contributed by atoms with van der Waals surface area (Å²) in [6, 6.07) is 0. The van der Waals surface area contributed by atoms with E-state index in [-0.39, 0.29) is 32.0 Å². The number of esters is 2. The summed E-state index contributed by atoms with van der Waals surface area (Å²) in [6.07, 6.45) is 96.2. The van der Waals surface area contributed by atoms with Crippen molar-refractivity contribution >= 4 is 19.8 Å². The highest BCUT2D eigenvalue weighted by molar-refractivity contribution is 7.45. The van der Waals surface area contributed by atoms with Crippen LogP contribution in [0.2, 0.25) is 0 Å². The molecule has 2 unspecified atom stereocenters. The number of phosphoric acid groups is 1. The molecular weight excluding hydrogens is 1110 g/mol. The Hall–Kier alpha value is -3.33. The van der Waals surface area contributed by atoms with Crippen molar-refractivity contribution in [3.05, 3.63) is 109 Å². The molecule has 0 aromatic rings. The first kappa shape index (κ1) is 84.7. The molecule has 0 rings (SSSR count). The fourth-order valence-corrected chi connectivity index (χ4v) is 11.0. The van der Waals surface area contributed by atoms with E-state index in [2.05, 4.69) is 123 Å². The first-order valence-corrected chi connectivity index (χ1v) is 38.1. The van der Waals surface area contributed by atoms with E-state index in [0.717, 1.165) is 109 Å². The van der Waals surface area contributed by atoms with Gasteiger partial charge in [0.15, 0.2) is 6.10 Å². The Morgan fingerprint density at radius 3 is 0.909 bits per heavy atom. The second-order valence-electron chi connectivity index (χ2n) is 25.5. The molecule has 508 valence electrons. The average Bonchev–Trinajstić information content (AvgIpc) is 3.58. The number of phosphoric ester groups is 1. The van der Waals surface area contributed by atoms with Crippen LogP contribution in [0.1, 0.15) is 322 Å². The van der Waals surface area contributed by atoms with Crippen molar-refractivity contribution in [1.29, 1.82) is 0 Å². The molecule has 0 saturated carbocycles. The van der Waals surface area contributed by atoms with Gasteiger partial charge in [-0.15, -0.1) is 0 Å². The van der Waals surface area contributed by atoms with Crippen molar-refractivity contribution in [2.24, 2.45) is 0 Å². The van der Waals surface area contributed by atoms with Gasteiger partial charge >= 0.3 is 11.9 Å². The molecule has 9 nitrogen and oxygen atoms in total. The zero-order valence-corrected chi connectivity index (χ0v) is 58.8. The lowest BCUT2D eigenvalue weighted by Gasteiger charge is -2.28. The first-order valence-electron chi connectivity index (χ1n) is 36.6. The fraction of sp³-hybridized carbons (Fsp3) is 0.744. The highest BCUT2D eigenvalue weighted by atomic mass is 31.2. The molecule has 0 aromatic heterocycles. The Bertz CT molecular complexity index is 1850. The van der Waals surface area contributed by atoms with Gasteiger partial charge in [0, 0.05) is 12.8 Å². The minimum Gasteiger partial charge on any atom is -0.756 e. The summed E-state index contributed by atoms with van der Waals surface area (Å²) in [5.74, 6) is -0.829. The van der Waals surface area contributed by atoms with Crippen LogP contribution in [0.4, 0.5) is 0 Å². The Morgan fingerprint density at radius 2 is 0.614 bits per heavy atom. The zero-order chi connectivity index (χ0) is 64.1. The van der Waals surface area contributed by atoms with Crippen LogP contribution >= 0.6 is 7.82 Å². The van der Waals surface area contributed by atoms with Gasteiger partial charge in [-0.25, -0.2) is 0 Å². The second kappa shape index (κ2) is 68.0. The SMILES string of the molecule is CC/C=C\C/C=C\C/C=C\C/C=C\C/C=C\CCCCCCCCCCCCCCCCCCCCCCCCCCCC(=O)OC(COC(=O)CCCCCCCCCCCC/C=C\C/C=C\C/C=C\C/C=C\CC)COP(=O)([O-])OCC[N+](C)(C)C. The Kier molecular flexibility index (Phi) is 65.5. The molecule has 0 saturated heterocycles. The summed E-state index contributed by atoms with van der Waals surface area (Å²) in [5.41, 5.74) is 0. The summed E-state index contributed by atoms with van der Waals surface area (Å²) in [6.45, 7) is 4.04. The lowest BCUT2D eigenvalue weighted by Crippen LogP contribution is -2.37. The topological polar surface area (TPSA) is 111 Å². The number of ether oxygens (including phenoxy) is 2. The second-order valence-corrected chi connectivity index (χ2v) is 27.0. The normalized spacial score (nSPS) is 13.8. The van der Waals surface area contributed by atoms with Gasteiger partial charge in [0.25, 0.3) is 7.82 Å². The summed E-state index contributed by atoms with van der Waals surface area (Å²) in [7, 11) is 1.17. The summed E-state index contributed by atoms with van der Waals surface area (Å²) >= 11 is 0. The van der Waals surface area contributed by atoms with E-state index in [1.165, 1.54) is 180 Å². The number of hydrogen-bond acceptors (Lipinski definition) is 8. The zero-order valence-electron chi connectivity index (χ0n) is 57.9. The highest BCUT2D eigenvalue weighted by Gasteiger charge is 2.22. The van der Waals surface area contributed by atoms with E-state index in [4.69, 9.17) is 18.5 Å². The minimum absolute atomic E-state index is 0.0333. The quantitative estimate of drug-likeness (QED) is 0.0195. The number of rotatable bonds is 67. The van der Waals surface area contributed by atoms with Crippen LogP contribution < -0.4 is 4.89 Å². The van der Waals surface area contributed by atoms with Crippen LogP contribution in [0.15, 0.2) is 109 Å². The predicted molar refractivity (Wildman–Crippen MR) is 378 cm³/mol. The molecule has 0 aromatic carbocycles. The van der Waals surface area contributed by atoms with Gasteiger partial charge in [0.2, 0.25) is 0 Å². The molecule has 2 atom stereocenters. The highest BCUT2D eigenvalue weighted by Crippen LogP contribution is 2.38. The standard InChI is InChI=1S/C78H138NO8P/c1-6-8-10-12-14-16-18-20-22-24-26-28-30-31-32-33-34-35-36-37-38-39-40-41-42-43-44-45-46-47-49-51-53-55-57-59-61-63-65-67-69-71-78(81)87-76(75-86-88(82,83)85-73-72-79(3,4)5)74-84-77(80)70-68-66-64-62-60-58-56-54-52-50-48-29-27-25-23-21-19-17-15-13-11-9-7-2/h8-11,14-17,20-23,26-29,31-32,76H,6-7,12-13,18-19,24-25,30,33-75H2,1-5H3/b10-8-,11-9-,16-14-,17-15-,22-20-,23-21-,28-26-,29-27-,32-31-. The van der Waals surface area contributed by atoms with E-state index in [1.54, 1.807) is 0 Å². The molecule has 0 bridgehead atoms. The third kappa shape index (κ3) is 71.7. The van der Waals surface area contributed by atoms with Gasteiger partial charge < -0.3 is 27.9 Å². The van der Waals surface area contributed by atoms with Crippen LogP contribution in [0, 0.1) is 0 Å². The number of carbonyl (C=O) groups excluding carboxylic acids is 2. The van der Waals surface area contributed by atoms with Crippen LogP contribution in [0.3, 0.4) is 0 Å². The molecule has 0 aliphatic heterocycles. The van der Waals surface area contributed by atoms with Gasteiger partial charge in [-0.3, -0.25) is 14.2 Å². The van der Waals surface area contributed by atoms with Gasteiger partial charge in [-0.05, 0) is 96.3 Å². The Morgan fingerprint density at radius 1 is 0.352 bits per heavy atom. The molecule has 0 spiro atoms. The van der Waals surface area contributed by atoms with E-state index in [1.807, 2.05) is 21.1 Å². The number of hydrogen-bond donors (Lipinski definition) is 0. The van der Waals surface area contributed by atoms with E-state index >= 15 is 0 Å². The van der Waals surface area contributed by atoms with Crippen molar-refractivity contribution < 1.29 is 42.1 Å². The molecule has 0 fully saturated rings. The van der Waals surface area contributed by atoms with Crippen LogP contribution in [-0.4, -0.2) is 70.0 Å². The summed E-state index contributed by atoms with van der Waals surface area (Å²) in [5, 5.41) is 0. The van der Waals surface area contributed by atoms with Crippen LogP contribution in [0.5, 0.6) is 0 Å². The van der Waals surface area contributed by atoms with Gasteiger partial charge in [0.05, 0.1) is 27.7 Å². The molecule has 0 aliphatic carbocycles. The Balaban J connectivity index is 3.94. The molecule has 0 amide bonds. The number of carbonyl (C=O) groups is 2. The van der Waals surface area contributed by atoms with Gasteiger partial charge in [0.1, 0.15) is 19.8 Å². The van der Waals surface area contributed by atoms with Gasteiger partial charge in [-0.2, -0.15) is 0 Å². The van der Waals surface area contributed by atoms with Crippen molar-refractivity contribution in [1.82, 2.24) is 0 Å². The van der Waals surface area contributed by atoms with Gasteiger partial charge in [-0.1, -0.05) is 322 Å². The van der Waals surface area contributed by atoms with E-state index in [0.29, 0.717) is 17.4 Å². The smallest absolute Gasteiger partial charge is 0.306 e. The van der Waals surface area contributed by atoms with Crippen molar-refractivity contribution in [2.75, 3.05) is 47.5 Å². The third-order valence-electron chi connectivity index (χ3n) is 15.8. The van der Waals surface area contributed by atoms with Crippen molar-refractivity contribution in [3.8, 4) is 0 Å². The molecule has 10 heteroatoms. The maximum atomic E-state index is 12.9. The number of likely N-dealkylation sites (N-methyl/N-ethyl adjacent to an activating group) is 1. The number of unbranched alkanes of at least 4 members (excludes halogenated alkanes) is 35. The lowest BCUT2D eigenvalue weighted by molar-refractivity contribution is -0.870. The predicted octanol–water partition coefficient (Wildman–Crippen LogP) is 23.4. The lowest BCUT2D eigenvalue weighted by atomic mass is 10.0. The summed E-state index contributed by atoms with van der Waals surface area (Å²) in [4.78, 5) is 38.1. The average molecular weight is 1250 g/mol. The first-order chi connectivity index (χ1) is 43.0. The largest absolute Gasteiger partial charge is 0.756 e. The molecule has 0 N–H and O–H groups in total. The molecular formula is C78H138NO8P. The Labute approximate surface area is 544 Å². The van der Waals surface area contributed by atoms with Crippen molar-refractivity contribution in [2.45, 2.75) is 328 Å². The summed E-state index contributed by atoms with van der Waals surface area (Å²) < 4.78 is 34.3. The van der Waals surface area contributed by atoms with Crippen molar-refractivity contribution in [3.63, 3.8) is 0 Å². The van der Waals surface area contributed by atoms with E-state index in [9.17, 15) is 19.0 Å². The fourth-order valence-electron chi connectivity index (χ4n) is 10.3. The molecule has 88 heavy (non-hydrogen) atoms. The molecule has 0 radical (unpaired) electrons. The van der Waals surface area contributed by atoms with E-state index < -0.39 is 26.5 Å². The third-order valence-corrected chi connectivity index (χ3v) is 16.8. The number of quaternary nitrogens is 1. The molecule has 0 aliphatic rings.